The number of hydrogen-bond donors (Lipinski definition) is 2. The van der Waals surface area contributed by atoms with E-state index in [4.69, 9.17) is 0 Å². The standard InChI is InChI=1S/C20H23N3O3S/c1-2-3-11-20(15-8-5-4-6-9-15)18(25)23(19(26)22-20)14-17(24)21-13-16-10-7-12-27-16/h4-10,12H,2-3,11,13-14H2,1H3,(H,21,24)(H,22,26). The van der Waals surface area contributed by atoms with E-state index >= 15 is 0 Å². The van der Waals surface area contributed by atoms with Crippen molar-refractivity contribution in [1.29, 1.82) is 0 Å². The highest BCUT2D eigenvalue weighted by Crippen LogP contribution is 2.34. The summed E-state index contributed by atoms with van der Waals surface area (Å²) in [4.78, 5) is 40.0. The largest absolute Gasteiger partial charge is 0.350 e. The van der Waals surface area contributed by atoms with Crippen LogP contribution in [0.5, 0.6) is 0 Å². The number of rotatable bonds is 8. The molecule has 7 heteroatoms. The second-order valence-electron chi connectivity index (χ2n) is 6.55. The number of carbonyl (C=O) groups excluding carboxylic acids is 3. The molecule has 0 bridgehead atoms. The third kappa shape index (κ3) is 4.03. The van der Waals surface area contributed by atoms with Crippen LogP contribution in [0.2, 0.25) is 0 Å². The molecule has 142 valence electrons. The summed E-state index contributed by atoms with van der Waals surface area (Å²) in [5, 5.41) is 7.55. The Morgan fingerprint density at radius 2 is 1.96 bits per heavy atom. The molecular weight excluding hydrogens is 362 g/mol. The molecule has 1 unspecified atom stereocenters. The summed E-state index contributed by atoms with van der Waals surface area (Å²) >= 11 is 1.54. The lowest BCUT2D eigenvalue weighted by Gasteiger charge is -2.27. The highest BCUT2D eigenvalue weighted by molar-refractivity contribution is 7.09. The van der Waals surface area contributed by atoms with E-state index in [0.29, 0.717) is 13.0 Å². The van der Waals surface area contributed by atoms with Crippen LogP contribution in [0.3, 0.4) is 0 Å². The van der Waals surface area contributed by atoms with Crippen LogP contribution in [0.1, 0.15) is 36.6 Å². The van der Waals surface area contributed by atoms with Gasteiger partial charge in [0.2, 0.25) is 5.91 Å². The number of nitrogens with one attached hydrogen (secondary N) is 2. The Bertz CT molecular complexity index is 807. The van der Waals surface area contributed by atoms with E-state index in [-0.39, 0.29) is 18.4 Å². The van der Waals surface area contributed by atoms with Gasteiger partial charge in [-0.25, -0.2) is 4.79 Å². The summed E-state index contributed by atoms with van der Waals surface area (Å²) in [6.07, 6.45) is 2.20. The average molecular weight is 385 g/mol. The molecule has 3 rings (SSSR count). The van der Waals surface area contributed by atoms with E-state index in [2.05, 4.69) is 10.6 Å². The predicted octanol–water partition coefficient (Wildman–Crippen LogP) is 3.00. The number of thiophene rings is 1. The quantitative estimate of drug-likeness (QED) is 0.686. The summed E-state index contributed by atoms with van der Waals surface area (Å²) in [5.74, 6) is -0.718. The van der Waals surface area contributed by atoms with Crippen molar-refractivity contribution >= 4 is 29.2 Å². The smallest absolute Gasteiger partial charge is 0.325 e. The lowest BCUT2D eigenvalue weighted by molar-refractivity contribution is -0.135. The zero-order chi connectivity index (χ0) is 19.3. The van der Waals surface area contributed by atoms with E-state index in [0.717, 1.165) is 28.2 Å². The molecule has 0 spiro atoms. The minimum Gasteiger partial charge on any atom is -0.350 e. The maximum Gasteiger partial charge on any atom is 0.325 e. The fourth-order valence-corrected chi connectivity index (χ4v) is 3.89. The van der Waals surface area contributed by atoms with Gasteiger partial charge in [-0.1, -0.05) is 56.2 Å². The van der Waals surface area contributed by atoms with Crippen molar-refractivity contribution in [3.05, 3.63) is 58.3 Å². The van der Waals surface area contributed by atoms with Gasteiger partial charge in [-0.15, -0.1) is 11.3 Å². The van der Waals surface area contributed by atoms with Gasteiger partial charge in [-0.3, -0.25) is 14.5 Å². The Morgan fingerprint density at radius 3 is 2.63 bits per heavy atom. The van der Waals surface area contributed by atoms with E-state index in [1.165, 1.54) is 0 Å². The second-order valence-corrected chi connectivity index (χ2v) is 7.58. The molecule has 1 atom stereocenters. The van der Waals surface area contributed by atoms with E-state index in [9.17, 15) is 14.4 Å². The molecule has 2 N–H and O–H groups in total. The van der Waals surface area contributed by atoms with E-state index in [1.807, 2.05) is 54.8 Å². The van der Waals surface area contributed by atoms with Gasteiger partial charge in [0, 0.05) is 4.88 Å². The van der Waals surface area contributed by atoms with Crippen LogP contribution in [-0.2, 0) is 21.7 Å². The van der Waals surface area contributed by atoms with Gasteiger partial charge in [0.15, 0.2) is 0 Å². The summed E-state index contributed by atoms with van der Waals surface area (Å²) < 4.78 is 0. The van der Waals surface area contributed by atoms with Gasteiger partial charge < -0.3 is 10.6 Å². The highest BCUT2D eigenvalue weighted by Gasteiger charge is 2.52. The summed E-state index contributed by atoms with van der Waals surface area (Å²) in [6, 6.07) is 12.6. The molecule has 1 aliphatic heterocycles. The third-order valence-corrected chi connectivity index (χ3v) is 5.57. The van der Waals surface area contributed by atoms with Crippen molar-refractivity contribution in [2.45, 2.75) is 38.3 Å². The monoisotopic (exact) mass is 385 g/mol. The van der Waals surface area contributed by atoms with Gasteiger partial charge >= 0.3 is 6.03 Å². The number of amides is 4. The van der Waals surface area contributed by atoms with Crippen LogP contribution < -0.4 is 10.6 Å². The molecule has 2 heterocycles. The molecule has 1 aliphatic rings. The average Bonchev–Trinajstić information content (AvgIpc) is 3.28. The maximum atomic E-state index is 13.2. The minimum absolute atomic E-state index is 0.281. The second kappa shape index (κ2) is 8.35. The highest BCUT2D eigenvalue weighted by atomic mass is 32.1. The van der Waals surface area contributed by atoms with Crippen LogP contribution in [0.15, 0.2) is 47.8 Å². The Kier molecular flexibility index (Phi) is 5.91. The molecule has 1 saturated heterocycles. The van der Waals surface area contributed by atoms with Gasteiger partial charge in [0.25, 0.3) is 5.91 Å². The van der Waals surface area contributed by atoms with Gasteiger partial charge in [-0.2, -0.15) is 0 Å². The van der Waals surface area contributed by atoms with Crippen molar-refractivity contribution < 1.29 is 14.4 Å². The number of hydrogen-bond acceptors (Lipinski definition) is 4. The first-order valence-electron chi connectivity index (χ1n) is 9.05. The number of benzene rings is 1. The van der Waals surface area contributed by atoms with Crippen molar-refractivity contribution in [2.75, 3.05) is 6.54 Å². The van der Waals surface area contributed by atoms with Crippen molar-refractivity contribution in [1.82, 2.24) is 15.5 Å². The number of imide groups is 1. The Balaban J connectivity index is 1.74. The van der Waals surface area contributed by atoms with Crippen LogP contribution in [0, 0.1) is 0 Å². The summed E-state index contributed by atoms with van der Waals surface area (Å²) in [5.41, 5.74) is -0.346. The number of nitrogens with zero attached hydrogens (tertiary/aromatic N) is 1. The predicted molar refractivity (Wildman–Crippen MR) is 104 cm³/mol. The molecule has 0 saturated carbocycles. The van der Waals surface area contributed by atoms with Gasteiger partial charge in [0.05, 0.1) is 6.54 Å². The minimum atomic E-state index is -1.09. The molecule has 1 fully saturated rings. The van der Waals surface area contributed by atoms with Crippen LogP contribution in [-0.4, -0.2) is 29.3 Å². The fraction of sp³-hybridized carbons (Fsp3) is 0.350. The molecule has 4 amide bonds. The van der Waals surface area contributed by atoms with Crippen molar-refractivity contribution in [3.63, 3.8) is 0 Å². The molecule has 1 aromatic carbocycles. The van der Waals surface area contributed by atoms with E-state index in [1.54, 1.807) is 11.3 Å². The molecule has 2 aromatic rings. The van der Waals surface area contributed by atoms with Crippen LogP contribution >= 0.6 is 11.3 Å². The summed E-state index contributed by atoms with van der Waals surface area (Å²) in [7, 11) is 0. The third-order valence-electron chi connectivity index (χ3n) is 4.69. The fourth-order valence-electron chi connectivity index (χ4n) is 3.24. The number of unbranched alkanes of at least 4 members (excludes halogenated alkanes) is 1. The Labute approximate surface area is 162 Å². The van der Waals surface area contributed by atoms with E-state index < -0.39 is 11.6 Å². The Morgan fingerprint density at radius 1 is 1.19 bits per heavy atom. The molecule has 27 heavy (non-hydrogen) atoms. The van der Waals surface area contributed by atoms with Gasteiger partial charge in [-0.05, 0) is 23.4 Å². The topological polar surface area (TPSA) is 78.5 Å². The normalized spacial score (nSPS) is 19.2. The summed E-state index contributed by atoms with van der Waals surface area (Å²) in [6.45, 7) is 2.15. The molecule has 0 radical (unpaired) electrons. The molecule has 0 aliphatic carbocycles. The molecular formula is C20H23N3O3S. The molecule has 1 aromatic heterocycles. The number of carbonyl (C=O) groups is 3. The Hall–Kier alpha value is -2.67. The van der Waals surface area contributed by atoms with Crippen LogP contribution in [0.4, 0.5) is 4.79 Å². The molecule has 6 nitrogen and oxygen atoms in total. The number of urea groups is 1. The zero-order valence-corrected chi connectivity index (χ0v) is 16.1. The van der Waals surface area contributed by atoms with Crippen LogP contribution in [0.25, 0.3) is 0 Å². The zero-order valence-electron chi connectivity index (χ0n) is 15.2. The maximum absolute atomic E-state index is 13.2. The SMILES string of the molecule is CCCCC1(c2ccccc2)NC(=O)N(CC(=O)NCc2cccs2)C1=O. The van der Waals surface area contributed by atoms with Crippen molar-refractivity contribution in [3.8, 4) is 0 Å². The van der Waals surface area contributed by atoms with Crippen molar-refractivity contribution in [2.24, 2.45) is 0 Å². The first-order chi connectivity index (χ1) is 13.1. The lowest BCUT2D eigenvalue weighted by atomic mass is 9.85. The first kappa shape index (κ1) is 19.1. The lowest BCUT2D eigenvalue weighted by Crippen LogP contribution is -2.45. The first-order valence-corrected chi connectivity index (χ1v) is 9.93. The van der Waals surface area contributed by atoms with Gasteiger partial charge in [0.1, 0.15) is 12.1 Å².